The minimum Gasteiger partial charge on any atom is -0.370 e. The molecule has 0 amide bonds. The molecule has 1 aliphatic carbocycles. The number of nitrogens with zero attached hydrogens (tertiary/aromatic N) is 1. The smallest absolute Gasteiger partial charge is 0.268 e. The topological polar surface area (TPSA) is 81.0 Å². The average Bonchev–Trinajstić information content (AvgIpc) is 2.85. The number of thiophene rings is 1. The number of hydrogen-bond acceptors (Lipinski definition) is 5. The Balaban J connectivity index is 1.69. The van der Waals surface area contributed by atoms with Crippen LogP contribution in [0.3, 0.4) is 0 Å². The van der Waals surface area contributed by atoms with Gasteiger partial charge in [-0.25, -0.2) is 4.98 Å². The van der Waals surface area contributed by atoms with Crippen LogP contribution in [-0.4, -0.2) is 22.1 Å². The van der Waals surface area contributed by atoms with E-state index in [-0.39, 0.29) is 17.7 Å². The zero-order chi connectivity index (χ0) is 13.2. The maximum absolute atomic E-state index is 11.8. The molecule has 1 fully saturated rings. The Morgan fingerprint density at radius 1 is 1.53 bits per heavy atom. The van der Waals surface area contributed by atoms with Crippen LogP contribution < -0.4 is 11.3 Å². The lowest BCUT2D eigenvalue weighted by molar-refractivity contribution is 0.00907. The Hall–Kier alpha value is -1.24. The van der Waals surface area contributed by atoms with Crippen LogP contribution in [-0.2, 0) is 11.3 Å². The van der Waals surface area contributed by atoms with E-state index in [1.807, 2.05) is 11.4 Å². The molecule has 2 atom stereocenters. The zero-order valence-corrected chi connectivity index (χ0v) is 11.4. The second-order valence-electron chi connectivity index (χ2n) is 5.01. The third-order valence-corrected chi connectivity index (χ3v) is 4.39. The van der Waals surface area contributed by atoms with Crippen LogP contribution in [0.2, 0.25) is 0 Å². The highest BCUT2D eigenvalue weighted by Gasteiger charge is 2.20. The Labute approximate surface area is 114 Å². The zero-order valence-electron chi connectivity index (χ0n) is 10.6. The van der Waals surface area contributed by atoms with E-state index in [1.54, 1.807) is 0 Å². The first-order chi connectivity index (χ1) is 9.22. The van der Waals surface area contributed by atoms with Gasteiger partial charge in [0.05, 0.1) is 11.6 Å². The lowest BCUT2D eigenvalue weighted by Gasteiger charge is -2.26. The summed E-state index contributed by atoms with van der Waals surface area (Å²) < 4.78 is 6.48. The van der Waals surface area contributed by atoms with Gasteiger partial charge in [0.1, 0.15) is 17.1 Å². The third-order valence-electron chi connectivity index (χ3n) is 3.49. The molecule has 0 spiro atoms. The van der Waals surface area contributed by atoms with Gasteiger partial charge in [0.15, 0.2) is 0 Å². The molecule has 0 bridgehead atoms. The monoisotopic (exact) mass is 279 g/mol. The number of fused-ring (bicyclic) bond motifs is 1. The van der Waals surface area contributed by atoms with E-state index in [0.29, 0.717) is 17.1 Å². The molecule has 19 heavy (non-hydrogen) atoms. The standard InChI is InChI=1S/C13H17N3O2S/c14-8-2-1-3-9(6-8)18-7-11-15-10-4-5-19-12(10)13(17)16-11/h4-5,8-9H,1-3,6-7,14H2,(H,15,16,17). The number of aromatic amines is 1. The van der Waals surface area contributed by atoms with E-state index in [0.717, 1.165) is 31.2 Å². The van der Waals surface area contributed by atoms with Crippen LogP contribution in [0.25, 0.3) is 10.2 Å². The van der Waals surface area contributed by atoms with Crippen LogP contribution in [0.1, 0.15) is 31.5 Å². The van der Waals surface area contributed by atoms with E-state index in [4.69, 9.17) is 10.5 Å². The first-order valence-corrected chi connectivity index (χ1v) is 7.44. The molecule has 2 heterocycles. The number of rotatable bonds is 3. The lowest BCUT2D eigenvalue weighted by Crippen LogP contribution is -2.32. The van der Waals surface area contributed by atoms with Crippen LogP contribution in [0.5, 0.6) is 0 Å². The van der Waals surface area contributed by atoms with E-state index >= 15 is 0 Å². The van der Waals surface area contributed by atoms with Crippen molar-refractivity contribution in [3.05, 3.63) is 27.6 Å². The Morgan fingerprint density at radius 3 is 3.26 bits per heavy atom. The van der Waals surface area contributed by atoms with Crippen molar-refractivity contribution in [1.82, 2.24) is 9.97 Å². The normalized spacial score (nSPS) is 23.8. The summed E-state index contributed by atoms with van der Waals surface area (Å²) in [4.78, 5) is 19.0. The first kappa shape index (κ1) is 12.8. The minimum absolute atomic E-state index is 0.0843. The predicted octanol–water partition coefficient (Wildman–Crippen LogP) is 1.77. The van der Waals surface area contributed by atoms with Gasteiger partial charge in [0.25, 0.3) is 5.56 Å². The molecule has 0 radical (unpaired) electrons. The van der Waals surface area contributed by atoms with E-state index in [2.05, 4.69) is 9.97 Å². The second kappa shape index (κ2) is 5.40. The molecule has 3 rings (SSSR count). The molecule has 0 saturated heterocycles. The summed E-state index contributed by atoms with van der Waals surface area (Å²) in [5.41, 5.74) is 6.59. The largest absolute Gasteiger partial charge is 0.370 e. The summed E-state index contributed by atoms with van der Waals surface area (Å²) in [6.45, 7) is 0.346. The van der Waals surface area contributed by atoms with Crippen LogP contribution in [0.4, 0.5) is 0 Å². The minimum atomic E-state index is -0.0843. The molecule has 2 aromatic rings. The number of aromatic nitrogens is 2. The van der Waals surface area contributed by atoms with Crippen molar-refractivity contribution >= 4 is 21.6 Å². The average molecular weight is 279 g/mol. The summed E-state index contributed by atoms with van der Waals surface area (Å²) in [6.07, 6.45) is 4.31. The van der Waals surface area contributed by atoms with Crippen LogP contribution in [0.15, 0.2) is 16.2 Å². The van der Waals surface area contributed by atoms with Gasteiger partial charge in [-0.15, -0.1) is 11.3 Å². The van der Waals surface area contributed by atoms with Crippen molar-refractivity contribution < 1.29 is 4.74 Å². The van der Waals surface area contributed by atoms with Crippen LogP contribution >= 0.6 is 11.3 Å². The molecular formula is C13H17N3O2S. The SMILES string of the molecule is NC1CCCC(OCc2nc3ccsc3c(=O)[nH]2)C1. The molecule has 1 saturated carbocycles. The molecule has 2 unspecified atom stereocenters. The number of nitrogens with two attached hydrogens (primary N) is 1. The second-order valence-corrected chi connectivity index (χ2v) is 5.92. The fraction of sp³-hybridized carbons (Fsp3) is 0.538. The number of hydrogen-bond donors (Lipinski definition) is 2. The highest BCUT2D eigenvalue weighted by Crippen LogP contribution is 2.21. The molecule has 0 aliphatic heterocycles. The van der Waals surface area contributed by atoms with Gasteiger partial charge >= 0.3 is 0 Å². The molecule has 6 heteroatoms. The molecule has 102 valence electrons. The Morgan fingerprint density at radius 2 is 2.42 bits per heavy atom. The summed E-state index contributed by atoms with van der Waals surface area (Å²) in [5, 5.41) is 1.87. The van der Waals surface area contributed by atoms with Crippen molar-refractivity contribution in [2.45, 2.75) is 44.4 Å². The molecule has 3 N–H and O–H groups in total. The molecule has 0 aromatic carbocycles. The number of nitrogens with one attached hydrogen (secondary N) is 1. The van der Waals surface area contributed by atoms with Crippen molar-refractivity contribution in [3.8, 4) is 0 Å². The van der Waals surface area contributed by atoms with Crippen molar-refractivity contribution in [2.75, 3.05) is 0 Å². The predicted molar refractivity (Wildman–Crippen MR) is 75.3 cm³/mol. The van der Waals surface area contributed by atoms with Crippen molar-refractivity contribution in [1.29, 1.82) is 0 Å². The summed E-state index contributed by atoms with van der Waals surface area (Å²) in [7, 11) is 0. The van der Waals surface area contributed by atoms with Gasteiger partial charge in [-0.3, -0.25) is 4.79 Å². The highest BCUT2D eigenvalue weighted by atomic mass is 32.1. The molecule has 2 aromatic heterocycles. The number of ether oxygens (including phenoxy) is 1. The van der Waals surface area contributed by atoms with Gasteiger partial charge in [0, 0.05) is 6.04 Å². The van der Waals surface area contributed by atoms with Gasteiger partial charge in [-0.05, 0) is 37.1 Å². The van der Waals surface area contributed by atoms with Gasteiger partial charge in [0.2, 0.25) is 0 Å². The van der Waals surface area contributed by atoms with Crippen molar-refractivity contribution in [2.24, 2.45) is 5.73 Å². The van der Waals surface area contributed by atoms with E-state index in [9.17, 15) is 4.79 Å². The maximum atomic E-state index is 11.8. The Kier molecular flexibility index (Phi) is 3.63. The lowest BCUT2D eigenvalue weighted by atomic mass is 9.94. The van der Waals surface area contributed by atoms with E-state index in [1.165, 1.54) is 11.3 Å². The fourth-order valence-corrected chi connectivity index (χ4v) is 3.24. The van der Waals surface area contributed by atoms with Gasteiger partial charge < -0.3 is 15.5 Å². The summed E-state index contributed by atoms with van der Waals surface area (Å²) >= 11 is 1.41. The highest BCUT2D eigenvalue weighted by molar-refractivity contribution is 7.17. The molecular weight excluding hydrogens is 262 g/mol. The van der Waals surface area contributed by atoms with E-state index < -0.39 is 0 Å². The fourth-order valence-electron chi connectivity index (χ4n) is 2.52. The van der Waals surface area contributed by atoms with Gasteiger partial charge in [-0.2, -0.15) is 0 Å². The van der Waals surface area contributed by atoms with Gasteiger partial charge in [-0.1, -0.05) is 0 Å². The molecule has 5 nitrogen and oxygen atoms in total. The quantitative estimate of drug-likeness (QED) is 0.897. The maximum Gasteiger partial charge on any atom is 0.268 e. The Bertz CT molecular complexity index is 622. The first-order valence-electron chi connectivity index (χ1n) is 6.56. The van der Waals surface area contributed by atoms with Crippen LogP contribution in [0, 0.1) is 0 Å². The van der Waals surface area contributed by atoms with Crippen molar-refractivity contribution in [3.63, 3.8) is 0 Å². The third kappa shape index (κ3) is 2.86. The summed E-state index contributed by atoms with van der Waals surface area (Å²) in [6, 6.07) is 2.10. The molecule has 1 aliphatic rings. The summed E-state index contributed by atoms with van der Waals surface area (Å²) in [5.74, 6) is 0.593. The number of H-pyrrole nitrogens is 1.